The number of hydrogen-bond donors (Lipinski definition) is 2. The van der Waals surface area contributed by atoms with E-state index in [0.717, 1.165) is 0 Å². The zero-order valence-corrected chi connectivity index (χ0v) is 12.1. The van der Waals surface area contributed by atoms with Gasteiger partial charge in [0.05, 0.1) is 0 Å². The fraction of sp³-hybridized carbons (Fsp3) is 0.250. The summed E-state index contributed by atoms with van der Waals surface area (Å²) in [5.41, 5.74) is 0.958. The lowest BCUT2D eigenvalue weighted by atomic mass is 10.2. The monoisotopic (exact) mass is 306 g/mol. The summed E-state index contributed by atoms with van der Waals surface area (Å²) in [5.74, 6) is -1.14. The van der Waals surface area contributed by atoms with Crippen LogP contribution in [0.1, 0.15) is 17.7 Å². The normalized spacial score (nSPS) is 10.5. The fourth-order valence-corrected chi connectivity index (χ4v) is 2.07. The summed E-state index contributed by atoms with van der Waals surface area (Å²) in [5, 5.41) is 18.6. The van der Waals surface area contributed by atoms with Crippen LogP contribution in [0.3, 0.4) is 0 Å². The molecule has 0 amide bonds. The van der Waals surface area contributed by atoms with E-state index in [9.17, 15) is 14.3 Å². The van der Waals surface area contributed by atoms with Crippen LogP contribution in [-0.2, 0) is 17.9 Å². The number of aliphatic carboxylic acids is 1. The van der Waals surface area contributed by atoms with Gasteiger partial charge < -0.3 is 14.9 Å². The number of pyridine rings is 1. The Morgan fingerprint density at radius 1 is 1.32 bits per heavy atom. The van der Waals surface area contributed by atoms with Crippen LogP contribution in [-0.4, -0.2) is 16.2 Å². The quantitative estimate of drug-likeness (QED) is 0.803. The van der Waals surface area contributed by atoms with Gasteiger partial charge in [0.1, 0.15) is 18.8 Å². The van der Waals surface area contributed by atoms with Crippen molar-refractivity contribution in [2.45, 2.75) is 26.5 Å². The van der Waals surface area contributed by atoms with Gasteiger partial charge in [0.25, 0.3) is 0 Å². The number of benzene rings is 1. The van der Waals surface area contributed by atoms with Crippen LogP contribution in [0.15, 0.2) is 36.5 Å². The largest absolute Gasteiger partial charge is 0.504 e. The van der Waals surface area contributed by atoms with Crippen molar-refractivity contribution in [3.8, 4) is 11.5 Å². The summed E-state index contributed by atoms with van der Waals surface area (Å²) in [4.78, 5) is 10.6. The van der Waals surface area contributed by atoms with Crippen molar-refractivity contribution in [1.82, 2.24) is 0 Å². The Balaban J connectivity index is 2.17. The second kappa shape index (κ2) is 6.89. The van der Waals surface area contributed by atoms with Crippen LogP contribution in [0.4, 0.5) is 4.39 Å². The molecule has 0 aliphatic heterocycles. The third kappa shape index (κ3) is 3.72. The first-order chi connectivity index (χ1) is 10.5. The van der Waals surface area contributed by atoms with E-state index in [-0.39, 0.29) is 36.9 Å². The van der Waals surface area contributed by atoms with Gasteiger partial charge in [-0.15, -0.1) is 0 Å². The number of carboxylic acids is 1. The molecular formula is C16H17FNO4+. The Morgan fingerprint density at radius 2 is 2.05 bits per heavy atom. The summed E-state index contributed by atoms with van der Waals surface area (Å²) in [6.07, 6.45) is 1.55. The molecule has 22 heavy (non-hydrogen) atoms. The van der Waals surface area contributed by atoms with E-state index < -0.39 is 5.97 Å². The first kappa shape index (κ1) is 15.8. The number of halogens is 1. The Kier molecular flexibility index (Phi) is 4.93. The fourth-order valence-electron chi connectivity index (χ4n) is 2.07. The molecule has 0 saturated carbocycles. The number of carboxylic acid groups (broad SMARTS) is 1. The van der Waals surface area contributed by atoms with Crippen molar-refractivity contribution < 1.29 is 28.7 Å². The molecule has 0 aliphatic rings. The Bertz CT molecular complexity index is 688. The molecule has 0 fully saturated rings. The maximum absolute atomic E-state index is 13.6. The molecule has 1 aromatic heterocycles. The average Bonchev–Trinajstić information content (AvgIpc) is 2.48. The first-order valence-electron chi connectivity index (χ1n) is 6.79. The third-order valence-electron chi connectivity index (χ3n) is 3.30. The molecular weight excluding hydrogens is 289 g/mol. The zero-order chi connectivity index (χ0) is 16.1. The highest BCUT2D eigenvalue weighted by Crippen LogP contribution is 2.28. The molecule has 0 saturated heterocycles. The van der Waals surface area contributed by atoms with E-state index in [2.05, 4.69) is 0 Å². The number of nitrogens with zero attached hydrogens (tertiary/aromatic N) is 1. The molecule has 5 nitrogen and oxygen atoms in total. The minimum atomic E-state index is -0.909. The van der Waals surface area contributed by atoms with Gasteiger partial charge in [-0.3, -0.25) is 4.79 Å². The van der Waals surface area contributed by atoms with Gasteiger partial charge >= 0.3 is 5.97 Å². The lowest BCUT2D eigenvalue weighted by Gasteiger charge is -2.10. The molecule has 2 N–H and O–H groups in total. The van der Waals surface area contributed by atoms with Gasteiger partial charge in [-0.05, 0) is 6.07 Å². The van der Waals surface area contributed by atoms with Gasteiger partial charge in [0.15, 0.2) is 18.5 Å². The smallest absolute Gasteiger partial charge is 0.309 e. The topological polar surface area (TPSA) is 70.6 Å². The molecule has 116 valence electrons. The molecule has 1 aromatic carbocycles. The standard InChI is InChI=1S/C16H16FNO4/c1-11-16(22-10-12-4-2-3-5-13(12)17)14(19)6-8-18(11)9-7-15(20)21/h2-6,8H,7,9-10H2,1H3,(H,20,21)/p+1. The molecule has 0 aliphatic carbocycles. The predicted octanol–water partition coefficient (Wildman–Crippen LogP) is 2.18. The molecule has 2 rings (SSSR count). The highest BCUT2D eigenvalue weighted by atomic mass is 19.1. The molecule has 0 unspecified atom stereocenters. The van der Waals surface area contributed by atoms with Crippen LogP contribution < -0.4 is 9.30 Å². The Labute approximate surface area is 127 Å². The van der Waals surface area contributed by atoms with Crippen LogP contribution in [0.5, 0.6) is 11.5 Å². The number of aryl methyl sites for hydroxylation is 1. The van der Waals surface area contributed by atoms with Crippen molar-refractivity contribution in [2.75, 3.05) is 0 Å². The van der Waals surface area contributed by atoms with Gasteiger partial charge in [0.2, 0.25) is 11.4 Å². The van der Waals surface area contributed by atoms with E-state index in [1.165, 1.54) is 12.1 Å². The van der Waals surface area contributed by atoms with Crippen LogP contribution in [0, 0.1) is 12.7 Å². The van der Waals surface area contributed by atoms with Crippen LogP contribution in [0.25, 0.3) is 0 Å². The van der Waals surface area contributed by atoms with E-state index in [1.807, 2.05) is 0 Å². The summed E-state index contributed by atoms with van der Waals surface area (Å²) >= 11 is 0. The van der Waals surface area contributed by atoms with E-state index in [1.54, 1.807) is 35.9 Å². The molecule has 0 radical (unpaired) electrons. The molecule has 6 heteroatoms. The van der Waals surface area contributed by atoms with Crippen molar-refractivity contribution in [3.63, 3.8) is 0 Å². The van der Waals surface area contributed by atoms with Gasteiger partial charge in [0, 0.05) is 18.6 Å². The number of aromatic hydroxyl groups is 1. The second-order valence-corrected chi connectivity index (χ2v) is 4.83. The Hall–Kier alpha value is -2.63. The zero-order valence-electron chi connectivity index (χ0n) is 12.1. The van der Waals surface area contributed by atoms with Crippen LogP contribution >= 0.6 is 0 Å². The molecule has 0 spiro atoms. The first-order valence-corrected chi connectivity index (χ1v) is 6.79. The lowest BCUT2D eigenvalue weighted by molar-refractivity contribution is -0.702. The number of ether oxygens (including phenoxy) is 1. The van der Waals surface area contributed by atoms with Gasteiger partial charge in [-0.1, -0.05) is 18.2 Å². The van der Waals surface area contributed by atoms with Crippen molar-refractivity contribution in [1.29, 1.82) is 0 Å². The average molecular weight is 306 g/mol. The minimum Gasteiger partial charge on any atom is -0.504 e. The lowest BCUT2D eigenvalue weighted by Crippen LogP contribution is -2.38. The number of aromatic nitrogens is 1. The molecule has 2 aromatic rings. The predicted molar refractivity (Wildman–Crippen MR) is 76.0 cm³/mol. The Morgan fingerprint density at radius 3 is 2.73 bits per heavy atom. The summed E-state index contributed by atoms with van der Waals surface area (Å²) in [7, 11) is 0. The number of carbonyl (C=O) groups is 1. The maximum Gasteiger partial charge on any atom is 0.309 e. The highest BCUT2D eigenvalue weighted by Gasteiger charge is 2.19. The molecule has 0 atom stereocenters. The number of rotatable bonds is 6. The summed E-state index contributed by atoms with van der Waals surface area (Å²) in [6, 6.07) is 7.65. The summed E-state index contributed by atoms with van der Waals surface area (Å²) in [6.45, 7) is 1.94. The van der Waals surface area contributed by atoms with E-state index in [4.69, 9.17) is 9.84 Å². The highest BCUT2D eigenvalue weighted by molar-refractivity contribution is 5.66. The number of hydrogen-bond acceptors (Lipinski definition) is 3. The van der Waals surface area contributed by atoms with Crippen molar-refractivity contribution in [2.24, 2.45) is 0 Å². The van der Waals surface area contributed by atoms with Crippen molar-refractivity contribution in [3.05, 3.63) is 53.6 Å². The third-order valence-corrected chi connectivity index (χ3v) is 3.30. The van der Waals surface area contributed by atoms with E-state index in [0.29, 0.717) is 11.3 Å². The SMILES string of the molecule is Cc1c(OCc2ccccc2F)c(O)cc[n+]1CCC(=O)O. The van der Waals surface area contributed by atoms with Crippen molar-refractivity contribution >= 4 is 5.97 Å². The van der Waals surface area contributed by atoms with Gasteiger partial charge in [-0.25, -0.2) is 4.39 Å². The minimum absolute atomic E-state index is 0.0238. The molecule has 1 heterocycles. The summed E-state index contributed by atoms with van der Waals surface area (Å²) < 4.78 is 20.8. The van der Waals surface area contributed by atoms with E-state index >= 15 is 0 Å². The maximum atomic E-state index is 13.6. The second-order valence-electron chi connectivity index (χ2n) is 4.83. The molecule has 0 bridgehead atoms. The van der Waals surface area contributed by atoms with Gasteiger partial charge in [-0.2, -0.15) is 4.57 Å². The van der Waals surface area contributed by atoms with Crippen LogP contribution in [0.2, 0.25) is 0 Å².